The van der Waals surface area contributed by atoms with Crippen LogP contribution in [0.2, 0.25) is 0 Å². The van der Waals surface area contributed by atoms with Gasteiger partial charge in [0.2, 0.25) is 11.9 Å². The number of hydrogen-bond acceptors (Lipinski definition) is 11. The van der Waals surface area contributed by atoms with Gasteiger partial charge in [-0.2, -0.15) is 25.1 Å². The van der Waals surface area contributed by atoms with Crippen LogP contribution in [0.5, 0.6) is 6.01 Å². The molecule has 0 bridgehead atoms. The molecule has 4 heterocycles. The topological polar surface area (TPSA) is 109 Å². The number of epoxide rings is 1. The molecule has 1 aromatic rings. The van der Waals surface area contributed by atoms with E-state index in [9.17, 15) is 0 Å². The third-order valence-corrected chi connectivity index (χ3v) is 9.78. The summed E-state index contributed by atoms with van der Waals surface area (Å²) in [6.45, 7) is 21.2. The van der Waals surface area contributed by atoms with Gasteiger partial charge in [0.15, 0.2) is 0 Å². The first kappa shape index (κ1) is 36.1. The number of nitrogens with zero attached hydrogens (tertiary/aromatic N) is 5. The van der Waals surface area contributed by atoms with Crippen LogP contribution in [0.3, 0.4) is 0 Å². The molecule has 3 saturated heterocycles. The van der Waals surface area contributed by atoms with Gasteiger partial charge in [0.25, 0.3) is 0 Å². The Morgan fingerprint density at radius 1 is 0.667 bits per heavy atom. The van der Waals surface area contributed by atoms with Gasteiger partial charge in [0.1, 0.15) is 12.7 Å². The summed E-state index contributed by atoms with van der Waals surface area (Å²) in [7, 11) is 3.59. The van der Waals surface area contributed by atoms with E-state index in [0.717, 1.165) is 71.1 Å². The Morgan fingerprint density at radius 3 is 1.42 bits per heavy atom. The van der Waals surface area contributed by atoms with Crippen molar-refractivity contribution in [3.8, 4) is 6.01 Å². The van der Waals surface area contributed by atoms with Crippen molar-refractivity contribution in [2.24, 2.45) is 11.8 Å². The van der Waals surface area contributed by atoms with Crippen molar-refractivity contribution >= 4 is 11.9 Å². The lowest BCUT2D eigenvalue weighted by molar-refractivity contribution is -0.272. The van der Waals surface area contributed by atoms with Gasteiger partial charge in [-0.25, -0.2) is 0 Å². The van der Waals surface area contributed by atoms with E-state index in [0.29, 0.717) is 36.3 Å². The highest BCUT2D eigenvalue weighted by Gasteiger charge is 2.46. The molecule has 0 spiro atoms. The Hall–Kier alpha value is -1.79. The molecule has 0 amide bonds. The minimum Gasteiger partial charge on any atom is -0.460 e. The van der Waals surface area contributed by atoms with Crippen molar-refractivity contribution in [1.29, 1.82) is 0 Å². The first-order valence-corrected chi connectivity index (χ1v) is 17.3. The summed E-state index contributed by atoms with van der Waals surface area (Å²) in [5, 5.41) is 11.2. The Bertz CT molecular complexity index is 970. The predicted molar refractivity (Wildman–Crippen MR) is 179 cm³/mol. The van der Waals surface area contributed by atoms with E-state index >= 15 is 0 Å². The molecule has 258 valence electrons. The van der Waals surface area contributed by atoms with Crippen molar-refractivity contribution < 1.29 is 19.1 Å². The highest BCUT2D eigenvalue weighted by molar-refractivity contribution is 5.35. The van der Waals surface area contributed by atoms with Crippen LogP contribution in [-0.4, -0.2) is 93.9 Å². The molecule has 1 atom stereocenters. The zero-order valence-corrected chi connectivity index (χ0v) is 30.0. The standard InChI is InChI=1S/C34H63N7O4/c1-31(2)19-25(20-32(3,4)40(31)42-9)15-11-13-17-35-28-37-29(39-30(38-28)45-24-27-23-44-27)36-18-14-12-16-26-21-33(5,6)41(43-10)34(7,8)22-26/h25-27H,11-24H2,1-10H3,(H2,35,36,37,38,39). The van der Waals surface area contributed by atoms with Crippen molar-refractivity contribution in [2.75, 3.05) is 51.2 Å². The van der Waals surface area contributed by atoms with Crippen LogP contribution >= 0.6 is 0 Å². The molecule has 11 nitrogen and oxygen atoms in total. The van der Waals surface area contributed by atoms with E-state index in [4.69, 9.17) is 19.1 Å². The molecule has 1 unspecified atom stereocenters. The summed E-state index contributed by atoms with van der Waals surface area (Å²) in [5.74, 6) is 2.50. The molecule has 0 radical (unpaired) electrons. The fraction of sp³-hybridized carbons (Fsp3) is 0.912. The second-order valence-electron chi connectivity index (χ2n) is 16.1. The van der Waals surface area contributed by atoms with Crippen LogP contribution in [0.4, 0.5) is 11.9 Å². The fourth-order valence-corrected chi connectivity index (χ4v) is 8.76. The number of hydroxylamine groups is 4. The molecule has 1 aromatic heterocycles. The zero-order chi connectivity index (χ0) is 32.9. The van der Waals surface area contributed by atoms with Gasteiger partial charge in [0, 0.05) is 35.2 Å². The summed E-state index contributed by atoms with van der Waals surface area (Å²) >= 11 is 0. The Balaban J connectivity index is 1.22. The van der Waals surface area contributed by atoms with Crippen LogP contribution in [0.25, 0.3) is 0 Å². The smallest absolute Gasteiger partial charge is 0.323 e. The largest absolute Gasteiger partial charge is 0.460 e. The van der Waals surface area contributed by atoms with Crippen molar-refractivity contribution in [3.63, 3.8) is 0 Å². The number of hydrogen-bond donors (Lipinski definition) is 2. The molecule has 45 heavy (non-hydrogen) atoms. The van der Waals surface area contributed by atoms with Gasteiger partial charge < -0.3 is 29.8 Å². The van der Waals surface area contributed by atoms with E-state index < -0.39 is 0 Å². The highest BCUT2D eigenvalue weighted by atomic mass is 16.7. The minimum atomic E-state index is 0.0331. The molecular weight excluding hydrogens is 570 g/mol. The highest BCUT2D eigenvalue weighted by Crippen LogP contribution is 2.44. The second kappa shape index (κ2) is 15.0. The molecule has 0 aliphatic carbocycles. The number of aromatic nitrogens is 3. The number of unbranched alkanes of at least 4 members (excludes halogenated alkanes) is 2. The lowest BCUT2D eigenvalue weighted by atomic mass is 9.73. The van der Waals surface area contributed by atoms with Crippen LogP contribution < -0.4 is 15.4 Å². The summed E-state index contributed by atoms with van der Waals surface area (Å²) < 4.78 is 11.1. The molecule has 3 aliphatic heterocycles. The van der Waals surface area contributed by atoms with E-state index in [1.54, 1.807) is 14.2 Å². The number of piperidine rings is 2. The summed E-state index contributed by atoms with van der Waals surface area (Å²) in [5.41, 5.74) is 0.132. The Labute approximate surface area is 272 Å². The van der Waals surface area contributed by atoms with Crippen LogP contribution in [-0.2, 0) is 14.4 Å². The zero-order valence-electron chi connectivity index (χ0n) is 30.0. The van der Waals surface area contributed by atoms with E-state index in [1.807, 2.05) is 0 Å². The molecular formula is C34H63N7O4. The van der Waals surface area contributed by atoms with E-state index in [-0.39, 0.29) is 28.3 Å². The number of rotatable bonds is 17. The summed E-state index contributed by atoms with van der Waals surface area (Å²) in [6, 6.07) is 0.342. The average molecular weight is 634 g/mol. The Morgan fingerprint density at radius 2 is 1.07 bits per heavy atom. The van der Waals surface area contributed by atoms with Crippen LogP contribution in [0.15, 0.2) is 0 Å². The first-order chi connectivity index (χ1) is 21.1. The maximum absolute atomic E-state index is 5.84. The minimum absolute atomic E-state index is 0.0331. The number of anilines is 2. The van der Waals surface area contributed by atoms with E-state index in [2.05, 4.69) is 91.1 Å². The second-order valence-corrected chi connectivity index (χ2v) is 16.1. The SMILES string of the molecule is CON1C(C)(C)CC(CCCCNc2nc(NCCCCC3CC(C)(C)N(OC)C(C)(C)C3)nc(OCC3CO3)n2)CC1(C)C. The van der Waals surface area contributed by atoms with Crippen LogP contribution in [0, 0.1) is 11.8 Å². The van der Waals surface area contributed by atoms with Gasteiger partial charge in [-0.3, -0.25) is 0 Å². The molecule has 3 fully saturated rings. The average Bonchev–Trinajstić information content (AvgIpc) is 3.74. The van der Waals surface area contributed by atoms with Crippen molar-refractivity contribution in [3.05, 3.63) is 0 Å². The third-order valence-electron chi connectivity index (χ3n) is 9.78. The normalized spacial score (nSPS) is 24.8. The van der Waals surface area contributed by atoms with E-state index in [1.165, 1.54) is 12.8 Å². The lowest BCUT2D eigenvalue weighted by Gasteiger charge is -2.53. The first-order valence-electron chi connectivity index (χ1n) is 17.3. The van der Waals surface area contributed by atoms with Gasteiger partial charge in [-0.05, 0) is 106 Å². The molecule has 2 N–H and O–H groups in total. The quantitative estimate of drug-likeness (QED) is 0.145. The molecule has 0 aromatic carbocycles. The third kappa shape index (κ3) is 10.1. The number of ether oxygens (including phenoxy) is 2. The van der Waals surface area contributed by atoms with Gasteiger partial charge in [-0.15, -0.1) is 0 Å². The van der Waals surface area contributed by atoms with Crippen LogP contribution in [0.1, 0.15) is 120 Å². The van der Waals surface area contributed by atoms with Gasteiger partial charge in [0.05, 0.1) is 20.8 Å². The molecule has 4 rings (SSSR count). The monoisotopic (exact) mass is 633 g/mol. The Kier molecular flexibility index (Phi) is 12.0. The van der Waals surface area contributed by atoms with Crippen molar-refractivity contribution in [2.45, 2.75) is 148 Å². The fourth-order valence-electron chi connectivity index (χ4n) is 8.76. The predicted octanol–water partition coefficient (Wildman–Crippen LogP) is 6.47. The lowest BCUT2D eigenvalue weighted by Crippen LogP contribution is -2.59. The van der Waals surface area contributed by atoms with Crippen molar-refractivity contribution in [1.82, 2.24) is 25.1 Å². The maximum atomic E-state index is 5.84. The maximum Gasteiger partial charge on any atom is 0.323 e. The molecule has 3 aliphatic rings. The summed E-state index contributed by atoms with van der Waals surface area (Å²) in [6.07, 6.45) is 11.6. The number of nitrogens with one attached hydrogen (secondary N) is 2. The summed E-state index contributed by atoms with van der Waals surface area (Å²) in [4.78, 5) is 25.3. The molecule has 0 saturated carbocycles. The van der Waals surface area contributed by atoms with Gasteiger partial charge >= 0.3 is 6.01 Å². The van der Waals surface area contributed by atoms with Gasteiger partial charge in [-0.1, -0.05) is 25.7 Å². The molecule has 11 heteroatoms.